The minimum atomic E-state index is -4.34. The fourth-order valence-corrected chi connectivity index (χ4v) is 4.41. The van der Waals surface area contributed by atoms with Crippen molar-refractivity contribution in [2.75, 3.05) is 44.2 Å². The summed E-state index contributed by atoms with van der Waals surface area (Å²) in [6.45, 7) is 4.68. The first-order valence-electron chi connectivity index (χ1n) is 11.6. The summed E-state index contributed by atoms with van der Waals surface area (Å²) < 4.78 is 52.3. The fraction of sp³-hybridized carbons (Fsp3) is 0.333. The van der Waals surface area contributed by atoms with Gasteiger partial charge in [-0.3, -0.25) is 4.90 Å². The summed E-state index contributed by atoms with van der Waals surface area (Å²) in [6.07, 6.45) is -3.59. The Morgan fingerprint density at radius 2 is 1.44 bits per heavy atom. The highest BCUT2D eigenvalue weighted by molar-refractivity contribution is 5.46. The minimum absolute atomic E-state index is 0.0339. The van der Waals surface area contributed by atoms with E-state index in [1.807, 2.05) is 18.2 Å². The lowest BCUT2D eigenvalue weighted by molar-refractivity contribution is -0.137. The number of nitrogens with zero attached hydrogens (tertiary/aromatic N) is 2. The van der Waals surface area contributed by atoms with Crippen molar-refractivity contribution in [3.8, 4) is 0 Å². The second-order valence-corrected chi connectivity index (χ2v) is 8.57. The van der Waals surface area contributed by atoms with E-state index in [9.17, 15) is 17.6 Å². The average molecular weight is 472 g/mol. The summed E-state index contributed by atoms with van der Waals surface area (Å²) >= 11 is 0. The number of nitrogens with one attached hydrogen (secondary N) is 1. The fourth-order valence-electron chi connectivity index (χ4n) is 4.41. The highest BCUT2D eigenvalue weighted by Crippen LogP contribution is 2.31. The monoisotopic (exact) mass is 471 g/mol. The summed E-state index contributed by atoms with van der Waals surface area (Å²) in [5.41, 5.74) is 2.46. The van der Waals surface area contributed by atoms with Crippen LogP contribution in [0.5, 0.6) is 0 Å². The zero-order valence-electron chi connectivity index (χ0n) is 18.9. The Kier molecular flexibility index (Phi) is 7.85. The number of rotatable bonds is 8. The van der Waals surface area contributed by atoms with Crippen molar-refractivity contribution in [1.82, 2.24) is 10.2 Å². The van der Waals surface area contributed by atoms with Crippen molar-refractivity contribution >= 4 is 5.69 Å². The first-order valence-corrected chi connectivity index (χ1v) is 11.6. The summed E-state index contributed by atoms with van der Waals surface area (Å²) in [4.78, 5) is 4.68. The summed E-state index contributed by atoms with van der Waals surface area (Å²) in [6, 6.07) is 22.2. The van der Waals surface area contributed by atoms with Crippen molar-refractivity contribution in [2.24, 2.45) is 0 Å². The Morgan fingerprint density at radius 3 is 2.06 bits per heavy atom. The molecule has 1 saturated heterocycles. The van der Waals surface area contributed by atoms with Gasteiger partial charge in [-0.15, -0.1) is 0 Å². The quantitative estimate of drug-likeness (QED) is 0.344. The molecule has 3 aromatic carbocycles. The SMILES string of the molecule is Fc1ccc(CCNCC(c2ccc(C(F)(F)F)cc2)N2CCN(c3ccccc3)CC2)cc1. The van der Waals surface area contributed by atoms with Gasteiger partial charge in [-0.25, -0.2) is 4.39 Å². The average Bonchev–Trinajstić information content (AvgIpc) is 2.85. The molecule has 1 heterocycles. The van der Waals surface area contributed by atoms with E-state index in [0.717, 1.165) is 43.7 Å². The largest absolute Gasteiger partial charge is 0.416 e. The Bertz CT molecular complexity index is 1010. The van der Waals surface area contributed by atoms with Crippen LogP contribution >= 0.6 is 0 Å². The van der Waals surface area contributed by atoms with Crippen LogP contribution in [0.1, 0.15) is 22.7 Å². The third-order valence-corrected chi connectivity index (χ3v) is 6.34. The molecule has 1 aliphatic heterocycles. The van der Waals surface area contributed by atoms with Gasteiger partial charge < -0.3 is 10.2 Å². The molecule has 0 bridgehead atoms. The molecule has 0 aromatic heterocycles. The lowest BCUT2D eigenvalue weighted by Crippen LogP contribution is -2.49. The standard InChI is InChI=1S/C27H29F4N3/c28-24-12-6-21(7-13-24)14-15-32-20-26(22-8-10-23(11-9-22)27(29,30)31)34-18-16-33(17-19-34)25-4-2-1-3-5-25/h1-13,26,32H,14-20H2. The smallest absolute Gasteiger partial charge is 0.369 e. The highest BCUT2D eigenvalue weighted by Gasteiger charge is 2.31. The van der Waals surface area contributed by atoms with Gasteiger partial charge in [0.1, 0.15) is 5.82 Å². The van der Waals surface area contributed by atoms with Crippen LogP contribution in [-0.4, -0.2) is 44.2 Å². The molecular formula is C27H29F4N3. The molecule has 1 aliphatic rings. The van der Waals surface area contributed by atoms with Crippen LogP contribution in [0.3, 0.4) is 0 Å². The maximum Gasteiger partial charge on any atom is 0.416 e. The summed E-state index contributed by atoms with van der Waals surface area (Å²) in [5.74, 6) is -0.256. The molecule has 1 fully saturated rings. The van der Waals surface area contributed by atoms with Crippen LogP contribution in [0.25, 0.3) is 0 Å². The lowest BCUT2D eigenvalue weighted by Gasteiger charge is -2.40. The Morgan fingerprint density at radius 1 is 0.794 bits per heavy atom. The number of piperazine rings is 1. The van der Waals surface area contributed by atoms with E-state index >= 15 is 0 Å². The number of hydrogen-bond acceptors (Lipinski definition) is 3. The first kappa shape index (κ1) is 24.2. The molecule has 0 radical (unpaired) electrons. The van der Waals surface area contributed by atoms with Gasteiger partial charge in [-0.2, -0.15) is 13.2 Å². The Balaban J connectivity index is 1.41. The van der Waals surface area contributed by atoms with Gasteiger partial charge in [0.25, 0.3) is 0 Å². The van der Waals surface area contributed by atoms with Crippen LogP contribution in [0.15, 0.2) is 78.9 Å². The molecule has 180 valence electrons. The van der Waals surface area contributed by atoms with Crippen LogP contribution in [-0.2, 0) is 12.6 Å². The topological polar surface area (TPSA) is 18.5 Å². The van der Waals surface area contributed by atoms with E-state index in [0.29, 0.717) is 13.1 Å². The zero-order valence-corrected chi connectivity index (χ0v) is 18.9. The van der Waals surface area contributed by atoms with Gasteiger partial charge in [0.2, 0.25) is 0 Å². The van der Waals surface area contributed by atoms with Gasteiger partial charge in [0.05, 0.1) is 5.56 Å². The van der Waals surface area contributed by atoms with E-state index in [2.05, 4.69) is 27.2 Å². The van der Waals surface area contributed by atoms with E-state index in [1.54, 1.807) is 24.3 Å². The van der Waals surface area contributed by atoms with E-state index in [1.165, 1.54) is 30.0 Å². The number of benzene rings is 3. The maximum atomic E-state index is 13.1. The van der Waals surface area contributed by atoms with Crippen molar-refractivity contribution in [3.63, 3.8) is 0 Å². The molecule has 1 unspecified atom stereocenters. The maximum absolute atomic E-state index is 13.1. The van der Waals surface area contributed by atoms with Gasteiger partial charge in [0.15, 0.2) is 0 Å². The van der Waals surface area contributed by atoms with Crippen LogP contribution in [0.2, 0.25) is 0 Å². The molecule has 3 aromatic rings. The van der Waals surface area contributed by atoms with Crippen molar-refractivity contribution in [2.45, 2.75) is 18.6 Å². The number of hydrogen-bond donors (Lipinski definition) is 1. The predicted octanol–water partition coefficient (Wildman–Crippen LogP) is 5.54. The Hall–Kier alpha value is -2.90. The molecule has 0 saturated carbocycles. The number of alkyl halides is 3. The van der Waals surface area contributed by atoms with Crippen LogP contribution in [0.4, 0.5) is 23.2 Å². The molecule has 0 amide bonds. The third-order valence-electron chi connectivity index (χ3n) is 6.34. The second-order valence-electron chi connectivity index (χ2n) is 8.57. The minimum Gasteiger partial charge on any atom is -0.369 e. The second kappa shape index (κ2) is 11.0. The molecule has 34 heavy (non-hydrogen) atoms. The first-order chi connectivity index (χ1) is 16.4. The van der Waals surface area contributed by atoms with E-state index in [-0.39, 0.29) is 11.9 Å². The predicted molar refractivity (Wildman–Crippen MR) is 127 cm³/mol. The van der Waals surface area contributed by atoms with Crippen molar-refractivity contribution in [1.29, 1.82) is 0 Å². The Labute approximate surface area is 198 Å². The van der Waals surface area contributed by atoms with Gasteiger partial charge >= 0.3 is 6.18 Å². The molecule has 1 atom stereocenters. The van der Waals surface area contributed by atoms with Gasteiger partial charge in [-0.05, 0) is 60.5 Å². The summed E-state index contributed by atoms with van der Waals surface area (Å²) in [7, 11) is 0. The molecule has 3 nitrogen and oxygen atoms in total. The van der Waals surface area contributed by atoms with E-state index < -0.39 is 11.7 Å². The van der Waals surface area contributed by atoms with Crippen molar-refractivity contribution in [3.05, 3.63) is 101 Å². The zero-order chi connectivity index (χ0) is 24.0. The molecule has 0 aliphatic carbocycles. The summed E-state index contributed by atoms with van der Waals surface area (Å²) in [5, 5.41) is 3.46. The van der Waals surface area contributed by atoms with Crippen molar-refractivity contribution < 1.29 is 17.6 Å². The lowest BCUT2D eigenvalue weighted by atomic mass is 10.0. The third kappa shape index (κ3) is 6.36. The van der Waals surface area contributed by atoms with Crippen LogP contribution in [0, 0.1) is 5.82 Å². The molecule has 0 spiro atoms. The normalized spacial score (nSPS) is 15.9. The van der Waals surface area contributed by atoms with Gasteiger partial charge in [-0.1, -0.05) is 42.5 Å². The molecular weight excluding hydrogens is 442 g/mol. The highest BCUT2D eigenvalue weighted by atomic mass is 19.4. The van der Waals surface area contributed by atoms with Gasteiger partial charge in [0, 0.05) is 44.5 Å². The molecule has 1 N–H and O–H groups in total. The number of para-hydroxylation sites is 1. The molecule has 4 rings (SSSR count). The van der Waals surface area contributed by atoms with Crippen LogP contribution < -0.4 is 10.2 Å². The van der Waals surface area contributed by atoms with E-state index in [4.69, 9.17) is 0 Å². The molecule has 7 heteroatoms. The number of halogens is 4. The number of anilines is 1.